The molecule has 0 unspecified atom stereocenters. The lowest BCUT2D eigenvalue weighted by molar-refractivity contribution is 0.0987. The third-order valence-electron chi connectivity index (χ3n) is 2.47. The van der Waals surface area contributed by atoms with Crippen LogP contribution < -0.4 is 4.90 Å². The Balaban J connectivity index is 2.31. The van der Waals surface area contributed by atoms with E-state index in [1.54, 1.807) is 35.2 Å². The molecule has 2 aromatic rings. The topological polar surface area (TPSA) is 53.7 Å². The van der Waals surface area contributed by atoms with Crippen molar-refractivity contribution in [3.63, 3.8) is 0 Å². The molecule has 0 radical (unpaired) electrons. The van der Waals surface area contributed by atoms with Gasteiger partial charge in [0.2, 0.25) is 0 Å². The van der Waals surface area contributed by atoms with Crippen LogP contribution in [-0.4, -0.2) is 17.6 Å². The molecule has 0 bridgehead atoms. The van der Waals surface area contributed by atoms with Crippen LogP contribution in [0.25, 0.3) is 0 Å². The number of carbonyl (C=O) groups is 1. The van der Waals surface area contributed by atoms with Crippen molar-refractivity contribution in [2.24, 2.45) is 0 Å². The van der Waals surface area contributed by atoms with Gasteiger partial charge in [-0.1, -0.05) is 6.07 Å². The Labute approximate surface area is 99.1 Å². The number of furan rings is 1. The summed E-state index contributed by atoms with van der Waals surface area (Å²) >= 11 is 0. The fraction of sp³-hybridized carbons (Fsp3) is 0.154. The van der Waals surface area contributed by atoms with Crippen LogP contribution in [-0.2, 0) is 0 Å². The number of amides is 1. The van der Waals surface area contributed by atoms with Crippen molar-refractivity contribution in [1.82, 2.24) is 0 Å². The SMILES string of the molecule is CCN(C(=O)c1ccoc1)c1cccc(O)c1. The summed E-state index contributed by atoms with van der Waals surface area (Å²) in [5.74, 6) is -0.00667. The molecular weight excluding hydrogens is 218 g/mol. The number of hydrogen-bond acceptors (Lipinski definition) is 3. The first-order valence-electron chi connectivity index (χ1n) is 5.35. The van der Waals surface area contributed by atoms with Gasteiger partial charge >= 0.3 is 0 Å². The normalized spacial score (nSPS) is 10.2. The number of phenolic OH excluding ortho intramolecular Hbond substituents is 1. The Bertz CT molecular complexity index is 505. The van der Waals surface area contributed by atoms with E-state index in [0.29, 0.717) is 17.8 Å². The molecule has 1 amide bonds. The quantitative estimate of drug-likeness (QED) is 0.883. The van der Waals surface area contributed by atoms with Crippen molar-refractivity contribution >= 4 is 11.6 Å². The Hall–Kier alpha value is -2.23. The summed E-state index contributed by atoms with van der Waals surface area (Å²) in [5.41, 5.74) is 1.16. The lowest BCUT2D eigenvalue weighted by atomic mass is 10.2. The van der Waals surface area contributed by atoms with Crippen molar-refractivity contribution in [2.75, 3.05) is 11.4 Å². The van der Waals surface area contributed by atoms with E-state index in [2.05, 4.69) is 0 Å². The molecule has 1 aromatic heterocycles. The highest BCUT2D eigenvalue weighted by Crippen LogP contribution is 2.21. The summed E-state index contributed by atoms with van der Waals surface area (Å²) in [5, 5.41) is 9.41. The van der Waals surface area contributed by atoms with Gasteiger partial charge in [-0.15, -0.1) is 0 Å². The molecule has 1 aromatic carbocycles. The van der Waals surface area contributed by atoms with Crippen LogP contribution in [0.2, 0.25) is 0 Å². The Morgan fingerprint density at radius 1 is 1.41 bits per heavy atom. The van der Waals surface area contributed by atoms with Crippen LogP contribution in [0, 0.1) is 0 Å². The van der Waals surface area contributed by atoms with E-state index in [4.69, 9.17) is 4.42 Å². The zero-order valence-corrected chi connectivity index (χ0v) is 9.46. The van der Waals surface area contributed by atoms with Gasteiger partial charge in [0, 0.05) is 18.3 Å². The molecule has 2 rings (SSSR count). The van der Waals surface area contributed by atoms with Crippen molar-refractivity contribution in [3.05, 3.63) is 48.4 Å². The van der Waals surface area contributed by atoms with Crippen LogP contribution in [0.4, 0.5) is 5.69 Å². The molecule has 0 aliphatic heterocycles. The molecule has 0 spiro atoms. The van der Waals surface area contributed by atoms with Crippen LogP contribution in [0.3, 0.4) is 0 Å². The van der Waals surface area contributed by atoms with Gasteiger partial charge in [-0.05, 0) is 25.1 Å². The molecule has 0 saturated carbocycles. The van der Waals surface area contributed by atoms with E-state index in [1.165, 1.54) is 12.5 Å². The molecule has 4 heteroatoms. The number of anilines is 1. The smallest absolute Gasteiger partial charge is 0.261 e. The Kier molecular flexibility index (Phi) is 3.14. The zero-order valence-electron chi connectivity index (χ0n) is 9.46. The fourth-order valence-corrected chi connectivity index (χ4v) is 1.65. The van der Waals surface area contributed by atoms with E-state index < -0.39 is 0 Å². The van der Waals surface area contributed by atoms with Crippen LogP contribution in [0.1, 0.15) is 17.3 Å². The molecule has 0 aliphatic carbocycles. The maximum absolute atomic E-state index is 12.1. The molecule has 0 saturated heterocycles. The number of phenols is 1. The minimum atomic E-state index is -0.146. The van der Waals surface area contributed by atoms with Gasteiger partial charge in [0.05, 0.1) is 11.8 Å². The Morgan fingerprint density at radius 2 is 2.24 bits per heavy atom. The van der Waals surface area contributed by atoms with Gasteiger partial charge in [0.25, 0.3) is 5.91 Å². The van der Waals surface area contributed by atoms with Crippen molar-refractivity contribution in [3.8, 4) is 5.75 Å². The van der Waals surface area contributed by atoms with Gasteiger partial charge in [-0.2, -0.15) is 0 Å². The first-order chi connectivity index (χ1) is 8.22. The fourth-order valence-electron chi connectivity index (χ4n) is 1.65. The first kappa shape index (κ1) is 11.3. The van der Waals surface area contributed by atoms with Crippen LogP contribution in [0.15, 0.2) is 47.3 Å². The van der Waals surface area contributed by atoms with Crippen LogP contribution in [0.5, 0.6) is 5.75 Å². The van der Waals surface area contributed by atoms with E-state index in [0.717, 1.165) is 0 Å². The maximum Gasteiger partial charge on any atom is 0.261 e. The lowest BCUT2D eigenvalue weighted by Crippen LogP contribution is -2.30. The highest BCUT2D eigenvalue weighted by Gasteiger charge is 2.17. The number of nitrogens with zero attached hydrogens (tertiary/aromatic N) is 1. The highest BCUT2D eigenvalue weighted by atomic mass is 16.3. The number of hydrogen-bond donors (Lipinski definition) is 1. The summed E-state index contributed by atoms with van der Waals surface area (Å²) in [6.07, 6.45) is 2.87. The molecule has 0 aliphatic rings. The van der Waals surface area contributed by atoms with E-state index in [1.807, 2.05) is 6.92 Å². The number of aromatic hydroxyl groups is 1. The molecule has 0 fully saturated rings. The standard InChI is InChI=1S/C13H13NO3/c1-2-14(11-4-3-5-12(15)8-11)13(16)10-6-7-17-9-10/h3-9,15H,2H2,1H3. The lowest BCUT2D eigenvalue weighted by Gasteiger charge is -2.20. The second kappa shape index (κ2) is 4.74. The number of benzene rings is 1. The highest BCUT2D eigenvalue weighted by molar-refractivity contribution is 6.05. The molecular formula is C13H13NO3. The average Bonchev–Trinajstić information content (AvgIpc) is 2.83. The molecule has 17 heavy (non-hydrogen) atoms. The zero-order chi connectivity index (χ0) is 12.3. The minimum absolute atomic E-state index is 0.140. The third-order valence-corrected chi connectivity index (χ3v) is 2.47. The van der Waals surface area contributed by atoms with Gasteiger partial charge in [0.15, 0.2) is 0 Å². The minimum Gasteiger partial charge on any atom is -0.508 e. The third kappa shape index (κ3) is 2.30. The second-order valence-electron chi connectivity index (χ2n) is 3.58. The van der Waals surface area contributed by atoms with Crippen molar-refractivity contribution < 1.29 is 14.3 Å². The number of carbonyl (C=O) groups excluding carboxylic acids is 1. The summed E-state index contributed by atoms with van der Waals surface area (Å²) in [6, 6.07) is 8.23. The molecule has 88 valence electrons. The van der Waals surface area contributed by atoms with Gasteiger partial charge in [-0.25, -0.2) is 0 Å². The van der Waals surface area contributed by atoms with Crippen LogP contribution >= 0.6 is 0 Å². The summed E-state index contributed by atoms with van der Waals surface area (Å²) < 4.78 is 4.89. The van der Waals surface area contributed by atoms with Gasteiger partial charge < -0.3 is 14.4 Å². The molecule has 1 heterocycles. The maximum atomic E-state index is 12.1. The predicted molar refractivity (Wildman–Crippen MR) is 64.2 cm³/mol. The Morgan fingerprint density at radius 3 is 2.82 bits per heavy atom. The van der Waals surface area contributed by atoms with Gasteiger partial charge in [-0.3, -0.25) is 4.79 Å². The molecule has 4 nitrogen and oxygen atoms in total. The number of rotatable bonds is 3. The predicted octanol–water partition coefficient (Wildman–Crippen LogP) is 2.65. The first-order valence-corrected chi connectivity index (χ1v) is 5.35. The van der Waals surface area contributed by atoms with Crippen molar-refractivity contribution in [1.29, 1.82) is 0 Å². The van der Waals surface area contributed by atoms with Gasteiger partial charge in [0.1, 0.15) is 12.0 Å². The summed E-state index contributed by atoms with van der Waals surface area (Å²) in [4.78, 5) is 13.7. The summed E-state index contributed by atoms with van der Waals surface area (Å²) in [6.45, 7) is 2.40. The van der Waals surface area contributed by atoms with Crippen molar-refractivity contribution in [2.45, 2.75) is 6.92 Å². The monoisotopic (exact) mass is 231 g/mol. The second-order valence-corrected chi connectivity index (χ2v) is 3.58. The summed E-state index contributed by atoms with van der Waals surface area (Å²) in [7, 11) is 0. The van der Waals surface area contributed by atoms with E-state index in [9.17, 15) is 9.90 Å². The molecule has 0 atom stereocenters. The van der Waals surface area contributed by atoms with E-state index >= 15 is 0 Å². The largest absolute Gasteiger partial charge is 0.508 e. The average molecular weight is 231 g/mol. The molecule has 1 N–H and O–H groups in total. The van der Waals surface area contributed by atoms with E-state index in [-0.39, 0.29) is 11.7 Å².